The number of carboxylic acid groups (broad SMARTS) is 1. The molecule has 1 aromatic carbocycles. The maximum atomic E-state index is 11.9. The number of aliphatic imine (C=N–C) groups is 1. The SMILES string of the molecule is CCCCC/N=C1/C=CC2=C(c3csc(C(=O)O)c3C)c3ccc(N4CCCC4)cc3[Si](C)(C)C2=C1. The number of allylic oxidation sites excluding steroid dienone is 5. The number of anilines is 1. The van der Waals surface area contributed by atoms with Gasteiger partial charge in [0.05, 0.1) is 5.71 Å². The number of carboxylic acids is 1. The van der Waals surface area contributed by atoms with Crippen LogP contribution in [0.15, 0.2) is 57.6 Å². The summed E-state index contributed by atoms with van der Waals surface area (Å²) in [5.74, 6) is -0.846. The van der Waals surface area contributed by atoms with Crippen molar-refractivity contribution in [3.05, 3.63) is 74.1 Å². The first kappa shape index (κ1) is 25.0. The van der Waals surface area contributed by atoms with Crippen LogP contribution in [0.4, 0.5) is 5.69 Å². The summed E-state index contributed by atoms with van der Waals surface area (Å²) in [6.07, 6.45) is 12.8. The Morgan fingerprint density at radius 2 is 1.92 bits per heavy atom. The third-order valence-corrected chi connectivity index (χ3v) is 12.5. The summed E-state index contributed by atoms with van der Waals surface area (Å²) in [4.78, 5) is 19.8. The molecule has 4 nitrogen and oxygen atoms in total. The molecule has 0 amide bonds. The molecule has 0 radical (unpaired) electrons. The molecule has 0 atom stereocenters. The Balaban J connectivity index is 1.69. The Labute approximate surface area is 219 Å². The highest BCUT2D eigenvalue weighted by molar-refractivity contribution is 7.12. The minimum absolute atomic E-state index is 0.430. The Kier molecular flexibility index (Phi) is 6.92. The van der Waals surface area contributed by atoms with Gasteiger partial charge in [0.15, 0.2) is 0 Å². The summed E-state index contributed by atoms with van der Waals surface area (Å²) in [6.45, 7) is 12.2. The minimum Gasteiger partial charge on any atom is -0.477 e. The molecule has 2 aromatic rings. The monoisotopic (exact) mass is 516 g/mol. The lowest BCUT2D eigenvalue weighted by Crippen LogP contribution is -2.49. The van der Waals surface area contributed by atoms with Gasteiger partial charge in [-0.1, -0.05) is 45.0 Å². The molecule has 0 saturated carbocycles. The summed E-state index contributed by atoms with van der Waals surface area (Å²) in [6, 6.07) is 7.02. The number of aromatic carboxylic acids is 1. The van der Waals surface area contributed by atoms with Crippen molar-refractivity contribution in [2.24, 2.45) is 4.99 Å². The van der Waals surface area contributed by atoms with Crippen LogP contribution in [0, 0.1) is 6.92 Å². The van der Waals surface area contributed by atoms with Crippen LogP contribution in [0.3, 0.4) is 0 Å². The van der Waals surface area contributed by atoms with Gasteiger partial charge in [0.1, 0.15) is 13.0 Å². The molecule has 1 aliphatic carbocycles. The second-order valence-corrected chi connectivity index (χ2v) is 15.9. The third kappa shape index (κ3) is 4.35. The Morgan fingerprint density at radius 1 is 1.14 bits per heavy atom. The van der Waals surface area contributed by atoms with E-state index in [1.165, 1.54) is 69.8 Å². The van der Waals surface area contributed by atoms with Crippen molar-refractivity contribution < 1.29 is 9.90 Å². The third-order valence-electron chi connectivity index (χ3n) is 7.92. The number of benzene rings is 1. The van der Waals surface area contributed by atoms with E-state index in [1.807, 2.05) is 12.3 Å². The average molecular weight is 517 g/mol. The zero-order valence-electron chi connectivity index (χ0n) is 21.9. The second-order valence-electron chi connectivity index (χ2n) is 10.7. The highest BCUT2D eigenvalue weighted by Gasteiger charge is 2.40. The van der Waals surface area contributed by atoms with Gasteiger partial charge in [0.25, 0.3) is 0 Å². The first-order chi connectivity index (χ1) is 17.3. The molecule has 0 bridgehead atoms. The zero-order valence-corrected chi connectivity index (χ0v) is 23.7. The maximum absolute atomic E-state index is 11.9. The lowest BCUT2D eigenvalue weighted by Gasteiger charge is -2.38. The smallest absolute Gasteiger partial charge is 0.346 e. The van der Waals surface area contributed by atoms with Gasteiger partial charge in [-0.25, -0.2) is 4.79 Å². The molecule has 188 valence electrons. The average Bonchev–Trinajstić information content (AvgIpc) is 3.53. The first-order valence-electron chi connectivity index (χ1n) is 13.2. The van der Waals surface area contributed by atoms with Crippen molar-refractivity contribution in [2.75, 3.05) is 24.5 Å². The van der Waals surface area contributed by atoms with Gasteiger partial charge in [-0.2, -0.15) is 0 Å². The van der Waals surface area contributed by atoms with Crippen molar-refractivity contribution in [2.45, 2.75) is 59.0 Å². The van der Waals surface area contributed by atoms with E-state index in [4.69, 9.17) is 4.99 Å². The topological polar surface area (TPSA) is 52.9 Å². The van der Waals surface area contributed by atoms with E-state index < -0.39 is 14.0 Å². The van der Waals surface area contributed by atoms with Crippen molar-refractivity contribution in [3.8, 4) is 0 Å². The molecule has 1 aromatic heterocycles. The van der Waals surface area contributed by atoms with Gasteiger partial charge in [-0.05, 0) is 94.1 Å². The Hall–Kier alpha value is -2.70. The molecule has 2 aliphatic heterocycles. The minimum atomic E-state index is -2.03. The Bertz CT molecular complexity index is 1320. The fourth-order valence-electron chi connectivity index (χ4n) is 5.83. The van der Waals surface area contributed by atoms with Crippen molar-refractivity contribution in [1.82, 2.24) is 0 Å². The number of unbranched alkanes of at least 4 members (excludes halogenated alkanes) is 2. The predicted octanol–water partition coefficient (Wildman–Crippen LogP) is 6.75. The molecule has 3 aliphatic rings. The van der Waals surface area contributed by atoms with Gasteiger partial charge in [0, 0.05) is 25.3 Å². The number of hydrogen-bond donors (Lipinski definition) is 1. The molecular weight excluding hydrogens is 480 g/mol. The number of hydrogen-bond acceptors (Lipinski definition) is 4. The van der Waals surface area contributed by atoms with Crippen LogP contribution in [0.1, 0.15) is 65.4 Å². The number of carbonyl (C=O) groups is 1. The highest BCUT2D eigenvalue weighted by atomic mass is 32.1. The lowest BCUT2D eigenvalue weighted by atomic mass is 9.89. The Morgan fingerprint density at radius 3 is 2.61 bits per heavy atom. The summed E-state index contributed by atoms with van der Waals surface area (Å²) >= 11 is 1.33. The van der Waals surface area contributed by atoms with Gasteiger partial charge in [0.2, 0.25) is 0 Å². The van der Waals surface area contributed by atoms with E-state index in [1.54, 1.807) is 0 Å². The summed E-state index contributed by atoms with van der Waals surface area (Å²) in [5, 5.41) is 14.6. The van der Waals surface area contributed by atoms with Crippen molar-refractivity contribution in [3.63, 3.8) is 0 Å². The molecule has 5 rings (SSSR count). The highest BCUT2D eigenvalue weighted by Crippen LogP contribution is 2.44. The van der Waals surface area contributed by atoms with Crippen LogP contribution in [0.5, 0.6) is 0 Å². The van der Waals surface area contributed by atoms with Crippen LogP contribution < -0.4 is 10.1 Å². The molecule has 0 unspecified atom stereocenters. The molecule has 1 fully saturated rings. The molecule has 3 heterocycles. The quantitative estimate of drug-likeness (QED) is 0.327. The molecule has 36 heavy (non-hydrogen) atoms. The van der Waals surface area contributed by atoms with Gasteiger partial charge >= 0.3 is 5.97 Å². The number of nitrogens with zero attached hydrogens (tertiary/aromatic N) is 2. The molecule has 6 heteroatoms. The van der Waals surface area contributed by atoms with Crippen LogP contribution in [-0.2, 0) is 0 Å². The van der Waals surface area contributed by atoms with E-state index in [2.05, 4.69) is 61.3 Å². The number of rotatable bonds is 7. The lowest BCUT2D eigenvalue weighted by molar-refractivity contribution is 0.0701. The largest absolute Gasteiger partial charge is 0.477 e. The summed E-state index contributed by atoms with van der Waals surface area (Å²) < 4.78 is 0. The van der Waals surface area contributed by atoms with Crippen LogP contribution in [-0.4, -0.2) is 44.5 Å². The van der Waals surface area contributed by atoms with Crippen LogP contribution in [0.2, 0.25) is 13.1 Å². The molecule has 1 saturated heterocycles. The fourth-order valence-corrected chi connectivity index (χ4v) is 9.82. The number of fused-ring (bicyclic) bond motifs is 2. The van der Waals surface area contributed by atoms with E-state index >= 15 is 0 Å². The summed E-state index contributed by atoms with van der Waals surface area (Å²) in [7, 11) is -2.03. The predicted molar refractivity (Wildman–Crippen MR) is 156 cm³/mol. The number of thiophene rings is 1. The second kappa shape index (κ2) is 9.98. The molecule has 1 N–H and O–H groups in total. The van der Waals surface area contributed by atoms with Crippen LogP contribution in [0.25, 0.3) is 5.57 Å². The standard InChI is InChI=1S/C30H36N2O2SSi/c1-5-6-7-14-31-21-10-12-23-26(17-21)36(3,4)27-18-22(32-15-8-9-16-32)11-13-24(27)28(23)25-19-35-29(20(25)2)30(33)34/h10-13,17-19H,5-9,14-16H2,1-4H3,(H,33,34)/b31-21-. The van der Waals surface area contributed by atoms with Crippen molar-refractivity contribution in [1.29, 1.82) is 0 Å². The molecular formula is C30H36N2O2SSi. The van der Waals surface area contributed by atoms with Gasteiger partial charge < -0.3 is 10.0 Å². The fraction of sp³-hybridized carbons (Fsp3) is 0.400. The van der Waals surface area contributed by atoms with E-state index in [-0.39, 0.29) is 0 Å². The van der Waals surface area contributed by atoms with Gasteiger partial charge in [-0.15, -0.1) is 11.3 Å². The van der Waals surface area contributed by atoms with Crippen molar-refractivity contribution >= 4 is 47.5 Å². The van der Waals surface area contributed by atoms with Gasteiger partial charge in [-0.3, -0.25) is 4.99 Å². The van der Waals surface area contributed by atoms with E-state index in [0.29, 0.717) is 4.88 Å². The zero-order chi connectivity index (χ0) is 25.4. The first-order valence-corrected chi connectivity index (χ1v) is 17.1. The van der Waals surface area contributed by atoms with Crippen LogP contribution >= 0.6 is 11.3 Å². The maximum Gasteiger partial charge on any atom is 0.346 e. The molecule has 0 spiro atoms. The van der Waals surface area contributed by atoms with E-state index in [0.717, 1.165) is 42.9 Å². The normalized spacial score (nSPS) is 19.5. The summed E-state index contributed by atoms with van der Waals surface area (Å²) in [5.41, 5.74) is 7.99. The van der Waals surface area contributed by atoms with E-state index in [9.17, 15) is 9.90 Å².